The first-order valence-corrected chi connectivity index (χ1v) is 25.0. The van der Waals surface area contributed by atoms with Gasteiger partial charge in [0.15, 0.2) is 0 Å². The Hall–Kier alpha value is -4.00. The second kappa shape index (κ2) is 30.8. The van der Waals surface area contributed by atoms with Crippen LogP contribution in [-0.2, 0) is 65.9 Å². The molecule has 0 saturated heterocycles. The minimum atomic E-state index is -0.619. The minimum Gasteiger partial charge on any atom is -0.489 e. The van der Waals surface area contributed by atoms with E-state index in [9.17, 15) is 0 Å². The van der Waals surface area contributed by atoms with Crippen molar-refractivity contribution in [2.24, 2.45) is 0 Å². The Labute approximate surface area is 418 Å². The number of fused-ring (bicyclic) bond motifs is 3. The van der Waals surface area contributed by atoms with E-state index in [0.29, 0.717) is 132 Å². The van der Waals surface area contributed by atoms with Crippen molar-refractivity contribution in [1.29, 1.82) is 0 Å². The van der Waals surface area contributed by atoms with Gasteiger partial charge in [-0.2, -0.15) is 0 Å². The van der Waals surface area contributed by atoms with Gasteiger partial charge in [0, 0.05) is 26.8 Å². The smallest absolute Gasteiger partial charge is 0.142 e. The first-order valence-electron chi connectivity index (χ1n) is 25.0. The average molecular weight is 976 g/mol. The van der Waals surface area contributed by atoms with Crippen molar-refractivity contribution in [2.45, 2.75) is 39.3 Å². The van der Waals surface area contributed by atoms with E-state index in [1.54, 1.807) is 7.11 Å². The number of rotatable bonds is 38. The molecule has 70 heavy (non-hydrogen) atoms. The largest absolute Gasteiger partial charge is 0.489 e. The Morgan fingerprint density at radius 3 is 1.41 bits per heavy atom. The van der Waals surface area contributed by atoms with E-state index in [1.807, 2.05) is 0 Å². The molecule has 0 heterocycles. The summed E-state index contributed by atoms with van der Waals surface area (Å²) in [5, 5.41) is 8.78. The maximum absolute atomic E-state index is 8.78. The van der Waals surface area contributed by atoms with Crippen LogP contribution in [-0.4, -0.2) is 184 Å². The average Bonchev–Trinajstić information content (AvgIpc) is 3.63. The summed E-state index contributed by atoms with van der Waals surface area (Å²) in [5.74, 6) is 0.799. The van der Waals surface area contributed by atoms with E-state index < -0.39 is 5.41 Å². The normalized spacial score (nSPS) is 12.9. The lowest BCUT2D eigenvalue weighted by molar-refractivity contribution is -0.901. The highest BCUT2D eigenvalue weighted by Gasteiger charge is 2.47. The van der Waals surface area contributed by atoms with Crippen molar-refractivity contribution in [2.75, 3.05) is 179 Å². The third-order valence-corrected chi connectivity index (χ3v) is 12.4. The summed E-state index contributed by atoms with van der Waals surface area (Å²) < 4.78 is 63.3. The van der Waals surface area contributed by atoms with Gasteiger partial charge in [-0.05, 0) is 77.9 Å². The third kappa shape index (κ3) is 17.1. The van der Waals surface area contributed by atoms with Crippen LogP contribution in [0.15, 0.2) is 72.8 Å². The topological polar surface area (TPSA) is 125 Å². The van der Waals surface area contributed by atoms with Crippen LogP contribution in [0.5, 0.6) is 5.75 Å². The number of hydrogen-bond donors (Lipinski definition) is 1. The van der Waals surface area contributed by atoms with Crippen molar-refractivity contribution < 1.29 is 61.7 Å². The molecule has 5 rings (SSSR count). The molecule has 14 nitrogen and oxygen atoms in total. The van der Waals surface area contributed by atoms with Gasteiger partial charge in [0.1, 0.15) is 18.9 Å². The van der Waals surface area contributed by atoms with Gasteiger partial charge in [-0.25, -0.2) is 0 Å². The molecule has 0 radical (unpaired) electrons. The number of methoxy groups -OCH3 is 1. The van der Waals surface area contributed by atoms with Gasteiger partial charge < -0.3 is 66.6 Å². The maximum Gasteiger partial charge on any atom is 0.142 e. The molecule has 0 spiro atoms. The Kier molecular flexibility index (Phi) is 25.0. The molecule has 1 aliphatic rings. The highest BCUT2D eigenvalue weighted by Crippen LogP contribution is 2.57. The van der Waals surface area contributed by atoms with Gasteiger partial charge in [-0.3, -0.25) is 0 Å². The number of anilines is 1. The van der Waals surface area contributed by atoms with Gasteiger partial charge in [0.2, 0.25) is 0 Å². The zero-order valence-corrected chi connectivity index (χ0v) is 43.5. The zero-order chi connectivity index (χ0) is 50.0. The SMILES string of the molecule is CC[N+](C)(C)Cc1cc(C2(c3ccc(OCCOCCOCCOCCOCCOC)c(N(C)C)c3)c3cc(C)ccc3-c3ccc(C)cc32)ccc1COCCOCCOCCOCCOCCO. The second-order valence-electron chi connectivity index (χ2n) is 18.3. The highest BCUT2D eigenvalue weighted by atomic mass is 16.6. The van der Waals surface area contributed by atoms with Crippen molar-refractivity contribution >= 4 is 5.69 Å². The summed E-state index contributed by atoms with van der Waals surface area (Å²) >= 11 is 0. The van der Waals surface area contributed by atoms with E-state index in [-0.39, 0.29) is 6.61 Å². The summed E-state index contributed by atoms with van der Waals surface area (Å²) in [7, 11) is 10.4. The quantitative estimate of drug-likeness (QED) is 0.0323. The van der Waals surface area contributed by atoms with Crippen LogP contribution in [0.2, 0.25) is 0 Å². The molecule has 0 aliphatic heterocycles. The molecule has 1 aliphatic carbocycles. The fourth-order valence-corrected chi connectivity index (χ4v) is 8.52. The monoisotopic (exact) mass is 976 g/mol. The van der Waals surface area contributed by atoms with Crippen molar-refractivity contribution in [3.8, 4) is 16.9 Å². The first-order chi connectivity index (χ1) is 34.0. The summed E-state index contributed by atoms with van der Waals surface area (Å²) in [6.07, 6.45) is 0. The molecule has 14 heteroatoms. The Morgan fingerprint density at radius 2 is 0.943 bits per heavy atom. The molecule has 0 atom stereocenters. The van der Waals surface area contributed by atoms with E-state index in [4.69, 9.17) is 57.2 Å². The summed E-state index contributed by atoms with van der Waals surface area (Å²) in [5.41, 5.74) is 12.7. The number of quaternary nitrogens is 1. The summed E-state index contributed by atoms with van der Waals surface area (Å²) in [6.45, 7) is 18.1. The molecule has 0 amide bonds. The highest BCUT2D eigenvalue weighted by molar-refractivity contribution is 5.87. The van der Waals surface area contributed by atoms with E-state index in [1.165, 1.54) is 55.6 Å². The lowest BCUT2D eigenvalue weighted by Crippen LogP contribution is -2.38. The molecule has 0 bridgehead atoms. The lowest BCUT2D eigenvalue weighted by Gasteiger charge is -2.36. The molecular formula is C56H83N2O12+. The minimum absolute atomic E-state index is 0.0148. The van der Waals surface area contributed by atoms with Gasteiger partial charge in [-0.1, -0.05) is 65.7 Å². The molecule has 0 saturated carbocycles. The predicted molar refractivity (Wildman–Crippen MR) is 275 cm³/mol. The van der Waals surface area contributed by atoms with Gasteiger partial charge >= 0.3 is 0 Å². The molecule has 1 N–H and O–H groups in total. The lowest BCUT2D eigenvalue weighted by atomic mass is 9.66. The second-order valence-corrected chi connectivity index (χ2v) is 18.3. The molecule has 0 unspecified atom stereocenters. The maximum atomic E-state index is 8.78. The number of hydrogen-bond acceptors (Lipinski definition) is 13. The number of ether oxygens (including phenoxy) is 11. The Bertz CT molecular complexity index is 2060. The van der Waals surface area contributed by atoms with Crippen molar-refractivity contribution in [1.82, 2.24) is 0 Å². The van der Waals surface area contributed by atoms with Crippen LogP contribution in [0.4, 0.5) is 5.69 Å². The number of aryl methyl sites for hydroxylation is 2. The molecule has 4 aromatic carbocycles. The number of nitrogens with zero attached hydrogens (tertiary/aromatic N) is 2. The van der Waals surface area contributed by atoms with E-state index in [2.05, 4.69) is 127 Å². The number of aliphatic hydroxyl groups is 1. The fraction of sp³-hybridized carbons (Fsp3) is 0.571. The summed E-state index contributed by atoms with van der Waals surface area (Å²) in [6, 6.07) is 27.6. The van der Waals surface area contributed by atoms with E-state index in [0.717, 1.165) is 29.0 Å². The Balaban J connectivity index is 1.30. The van der Waals surface area contributed by atoms with Crippen LogP contribution in [0.25, 0.3) is 11.1 Å². The molecule has 388 valence electrons. The third-order valence-electron chi connectivity index (χ3n) is 12.4. The van der Waals surface area contributed by atoms with Crippen LogP contribution in [0.3, 0.4) is 0 Å². The summed E-state index contributed by atoms with van der Waals surface area (Å²) in [4.78, 5) is 2.14. The molecule has 4 aromatic rings. The van der Waals surface area contributed by atoms with Crippen LogP contribution < -0.4 is 9.64 Å². The predicted octanol–water partition coefficient (Wildman–Crippen LogP) is 7.00. The zero-order valence-electron chi connectivity index (χ0n) is 43.5. The number of benzene rings is 4. The van der Waals surface area contributed by atoms with Gasteiger partial charge in [0.05, 0.1) is 164 Å². The first kappa shape index (κ1) is 56.9. The standard InChI is InChI=1S/C56H83N2O12/c1-9-58(6,7)42-47-40-48(13-12-46(47)43-69-35-34-67-31-30-65-27-26-63-23-22-61-19-18-59)56(52-38-44(2)10-15-50(52)51-16-11-45(3)39-53(51)56)49-14-17-55(54(41-49)57(4)5)70-37-36-68-33-32-66-29-28-64-25-24-62-21-20-60-8/h10-17,38-41,59H,9,18-37,42-43H2,1-8H3/q+1. The van der Waals surface area contributed by atoms with Gasteiger partial charge in [0.25, 0.3) is 0 Å². The molecular weight excluding hydrogens is 893 g/mol. The van der Waals surface area contributed by atoms with Crippen LogP contribution in [0.1, 0.15) is 51.4 Å². The fourth-order valence-electron chi connectivity index (χ4n) is 8.52. The van der Waals surface area contributed by atoms with E-state index >= 15 is 0 Å². The van der Waals surface area contributed by atoms with Crippen LogP contribution in [0, 0.1) is 13.8 Å². The van der Waals surface area contributed by atoms with Crippen molar-refractivity contribution in [3.63, 3.8) is 0 Å². The Morgan fingerprint density at radius 1 is 0.500 bits per heavy atom. The molecule has 0 aromatic heterocycles. The van der Waals surface area contributed by atoms with Crippen molar-refractivity contribution in [3.05, 3.63) is 117 Å². The van der Waals surface area contributed by atoms with Crippen LogP contribution >= 0.6 is 0 Å². The number of aliphatic hydroxyl groups excluding tert-OH is 1. The van der Waals surface area contributed by atoms with Gasteiger partial charge in [-0.15, -0.1) is 0 Å². The molecule has 0 fully saturated rings.